The first-order chi connectivity index (χ1) is 15.7. The zero-order valence-corrected chi connectivity index (χ0v) is 18.0. The molecule has 0 unspecified atom stereocenters. The summed E-state index contributed by atoms with van der Waals surface area (Å²) in [6.07, 6.45) is 1.77. The number of nitrogens with zero attached hydrogens (tertiary/aromatic N) is 3. The van der Waals surface area contributed by atoms with Gasteiger partial charge in [0.25, 0.3) is 0 Å². The highest BCUT2D eigenvalue weighted by Gasteiger charge is 2.18. The topological polar surface area (TPSA) is 73.0 Å². The lowest BCUT2D eigenvalue weighted by Gasteiger charge is -2.09. The number of anilines is 1. The van der Waals surface area contributed by atoms with E-state index >= 15 is 0 Å². The Hall–Kier alpha value is -3.84. The quantitative estimate of drug-likeness (QED) is 0.257. The molecule has 5 rings (SSSR count). The van der Waals surface area contributed by atoms with Crippen molar-refractivity contribution in [1.82, 2.24) is 14.8 Å². The first-order valence-electron chi connectivity index (χ1n) is 10.2. The number of carbonyl (C=O) groups excluding carboxylic acids is 1. The number of hydrogen-bond acceptors (Lipinski definition) is 5. The molecule has 0 saturated heterocycles. The van der Waals surface area contributed by atoms with Gasteiger partial charge in [0.1, 0.15) is 5.58 Å². The van der Waals surface area contributed by atoms with E-state index in [-0.39, 0.29) is 11.7 Å². The van der Waals surface area contributed by atoms with E-state index in [1.807, 2.05) is 77.4 Å². The number of carbonyl (C=O) groups is 1. The Morgan fingerprint density at radius 1 is 1.03 bits per heavy atom. The van der Waals surface area contributed by atoms with Crippen LogP contribution in [-0.2, 0) is 11.3 Å². The number of furan rings is 1. The average molecular weight is 441 g/mol. The summed E-state index contributed by atoms with van der Waals surface area (Å²) in [4.78, 5) is 12.7. The summed E-state index contributed by atoms with van der Waals surface area (Å²) < 4.78 is 7.86. The van der Waals surface area contributed by atoms with Crippen molar-refractivity contribution in [3.05, 3.63) is 85.5 Å². The smallest absolute Gasteiger partial charge is 0.234 e. The summed E-state index contributed by atoms with van der Waals surface area (Å²) in [6, 6.07) is 23.6. The lowest BCUT2D eigenvalue weighted by atomic mass is 10.1. The maximum atomic E-state index is 12.7. The molecule has 0 radical (unpaired) electrons. The number of benzene rings is 3. The fourth-order valence-corrected chi connectivity index (χ4v) is 4.36. The second kappa shape index (κ2) is 8.72. The van der Waals surface area contributed by atoms with E-state index < -0.39 is 0 Å². The predicted molar refractivity (Wildman–Crippen MR) is 129 cm³/mol. The van der Waals surface area contributed by atoms with Crippen molar-refractivity contribution in [3.8, 4) is 11.6 Å². The van der Waals surface area contributed by atoms with Gasteiger partial charge in [0.15, 0.2) is 10.9 Å². The Morgan fingerprint density at radius 3 is 2.66 bits per heavy atom. The minimum Gasteiger partial charge on any atom is -0.453 e. The van der Waals surface area contributed by atoms with Crippen LogP contribution in [-0.4, -0.2) is 26.4 Å². The highest BCUT2D eigenvalue weighted by Crippen LogP contribution is 2.29. The normalized spacial score (nSPS) is 11.1. The molecule has 3 aromatic carbocycles. The van der Waals surface area contributed by atoms with Crippen molar-refractivity contribution in [2.24, 2.45) is 0 Å². The van der Waals surface area contributed by atoms with Crippen molar-refractivity contribution in [3.63, 3.8) is 0 Å². The third-order valence-corrected chi connectivity index (χ3v) is 6.04. The second-order valence-corrected chi connectivity index (χ2v) is 8.16. The Morgan fingerprint density at radius 2 is 1.81 bits per heavy atom. The fraction of sp³-hybridized carbons (Fsp3) is 0.0800. The molecule has 158 valence electrons. The molecule has 6 nitrogen and oxygen atoms in total. The maximum Gasteiger partial charge on any atom is 0.234 e. The average Bonchev–Trinajstić information content (AvgIpc) is 3.42. The molecule has 0 saturated carbocycles. The van der Waals surface area contributed by atoms with Gasteiger partial charge in [0, 0.05) is 23.0 Å². The standard InChI is InChI=1S/C25H20N4O2S/c1-2-14-29-24(22-15-18-9-4-6-13-21(18)31-22)27-28-25(29)32-16-23(30)26-20-12-7-10-17-8-3-5-11-19(17)20/h2-13,15H,1,14,16H2,(H,26,30). The summed E-state index contributed by atoms with van der Waals surface area (Å²) >= 11 is 1.33. The molecule has 32 heavy (non-hydrogen) atoms. The van der Waals surface area contributed by atoms with Crippen molar-refractivity contribution in [1.29, 1.82) is 0 Å². The van der Waals surface area contributed by atoms with Crippen LogP contribution in [0.3, 0.4) is 0 Å². The summed E-state index contributed by atoms with van der Waals surface area (Å²) in [5, 5.41) is 15.4. The highest BCUT2D eigenvalue weighted by molar-refractivity contribution is 7.99. The van der Waals surface area contributed by atoms with Crippen LogP contribution >= 0.6 is 11.8 Å². The fourth-order valence-electron chi connectivity index (χ4n) is 3.61. The number of aromatic nitrogens is 3. The molecule has 2 aromatic heterocycles. The largest absolute Gasteiger partial charge is 0.453 e. The van der Waals surface area contributed by atoms with Crippen LogP contribution in [0.15, 0.2) is 95.0 Å². The van der Waals surface area contributed by atoms with E-state index in [1.54, 1.807) is 6.08 Å². The number of thioether (sulfide) groups is 1. The molecule has 7 heteroatoms. The zero-order chi connectivity index (χ0) is 21.9. The van der Waals surface area contributed by atoms with Crippen LogP contribution in [0.4, 0.5) is 5.69 Å². The van der Waals surface area contributed by atoms with Crippen LogP contribution in [0.5, 0.6) is 0 Å². The minimum absolute atomic E-state index is 0.107. The van der Waals surface area contributed by atoms with Crippen LogP contribution < -0.4 is 5.32 Å². The number of para-hydroxylation sites is 1. The van der Waals surface area contributed by atoms with E-state index in [4.69, 9.17) is 4.42 Å². The molecule has 1 N–H and O–H groups in total. The van der Waals surface area contributed by atoms with Gasteiger partial charge in [0.2, 0.25) is 11.7 Å². The van der Waals surface area contributed by atoms with Crippen LogP contribution in [0.1, 0.15) is 0 Å². The summed E-state index contributed by atoms with van der Waals surface area (Å²) in [5.74, 6) is 1.34. The Bertz CT molecular complexity index is 1400. The lowest BCUT2D eigenvalue weighted by Crippen LogP contribution is -2.15. The van der Waals surface area contributed by atoms with Gasteiger partial charge in [-0.2, -0.15) is 0 Å². The number of rotatable bonds is 7. The third-order valence-electron chi connectivity index (χ3n) is 5.07. The predicted octanol–water partition coefficient (Wildman–Crippen LogP) is 5.76. The zero-order valence-electron chi connectivity index (χ0n) is 17.2. The van der Waals surface area contributed by atoms with Gasteiger partial charge < -0.3 is 9.73 Å². The van der Waals surface area contributed by atoms with Gasteiger partial charge in [-0.15, -0.1) is 16.8 Å². The van der Waals surface area contributed by atoms with Crippen molar-refractivity contribution >= 4 is 45.1 Å². The van der Waals surface area contributed by atoms with E-state index in [1.165, 1.54) is 11.8 Å². The molecule has 0 bridgehead atoms. The first kappa shape index (κ1) is 20.1. The van der Waals surface area contributed by atoms with E-state index in [0.29, 0.717) is 23.3 Å². The van der Waals surface area contributed by atoms with Gasteiger partial charge in [0.05, 0.1) is 5.75 Å². The van der Waals surface area contributed by atoms with Crippen molar-refractivity contribution in [2.75, 3.05) is 11.1 Å². The van der Waals surface area contributed by atoms with Crippen LogP contribution in [0, 0.1) is 0 Å². The SMILES string of the molecule is C=CCn1c(SCC(=O)Nc2cccc3ccccc23)nnc1-c1cc2ccccc2o1. The van der Waals surface area contributed by atoms with Gasteiger partial charge in [-0.3, -0.25) is 9.36 Å². The Kier molecular flexibility index (Phi) is 5.47. The van der Waals surface area contributed by atoms with Crippen LogP contribution in [0.25, 0.3) is 33.3 Å². The molecular formula is C25H20N4O2S. The molecule has 0 spiro atoms. The minimum atomic E-state index is -0.107. The third kappa shape index (κ3) is 3.90. The number of nitrogens with one attached hydrogen (secondary N) is 1. The van der Waals surface area contributed by atoms with Gasteiger partial charge in [-0.05, 0) is 23.6 Å². The number of allylic oxidation sites excluding steroid dienone is 1. The molecule has 1 amide bonds. The summed E-state index contributed by atoms with van der Waals surface area (Å²) in [5.41, 5.74) is 1.59. The number of hydrogen-bond donors (Lipinski definition) is 1. The monoisotopic (exact) mass is 440 g/mol. The van der Waals surface area contributed by atoms with Gasteiger partial charge in [-0.25, -0.2) is 0 Å². The first-order valence-corrected chi connectivity index (χ1v) is 11.1. The maximum absolute atomic E-state index is 12.7. The van der Waals surface area contributed by atoms with Gasteiger partial charge >= 0.3 is 0 Å². The molecule has 5 aromatic rings. The molecule has 0 atom stereocenters. The van der Waals surface area contributed by atoms with E-state index in [0.717, 1.165) is 27.4 Å². The van der Waals surface area contributed by atoms with E-state index in [2.05, 4.69) is 22.1 Å². The summed E-state index contributed by atoms with van der Waals surface area (Å²) in [6.45, 7) is 4.35. The molecule has 0 fully saturated rings. The second-order valence-electron chi connectivity index (χ2n) is 7.22. The lowest BCUT2D eigenvalue weighted by molar-refractivity contribution is -0.113. The molecule has 0 aliphatic carbocycles. The molecule has 0 aliphatic rings. The Balaban J connectivity index is 1.35. The van der Waals surface area contributed by atoms with Crippen LogP contribution in [0.2, 0.25) is 0 Å². The molecule has 0 aliphatic heterocycles. The number of fused-ring (bicyclic) bond motifs is 2. The molecule has 2 heterocycles. The van der Waals surface area contributed by atoms with E-state index in [9.17, 15) is 4.79 Å². The Labute approximate surface area is 188 Å². The van der Waals surface area contributed by atoms with Crippen molar-refractivity contribution in [2.45, 2.75) is 11.7 Å². The highest BCUT2D eigenvalue weighted by atomic mass is 32.2. The van der Waals surface area contributed by atoms with Crippen molar-refractivity contribution < 1.29 is 9.21 Å². The summed E-state index contributed by atoms with van der Waals surface area (Å²) in [7, 11) is 0. The number of amides is 1. The molecular weight excluding hydrogens is 420 g/mol. The van der Waals surface area contributed by atoms with Gasteiger partial charge in [-0.1, -0.05) is 72.4 Å².